The van der Waals surface area contributed by atoms with Crippen molar-refractivity contribution < 1.29 is 0 Å². The van der Waals surface area contributed by atoms with Gasteiger partial charge in [-0.25, -0.2) is 0 Å². The second-order valence-electron chi connectivity index (χ2n) is 3.83. The molecule has 0 saturated carbocycles. The Kier molecular flexibility index (Phi) is 4.55. The Morgan fingerprint density at radius 1 is 1.50 bits per heavy atom. The van der Waals surface area contributed by atoms with E-state index in [4.69, 9.17) is 5.73 Å². The molecule has 1 aromatic heterocycles. The van der Waals surface area contributed by atoms with Gasteiger partial charge in [-0.15, -0.1) is 0 Å². The number of aromatic nitrogens is 1. The number of hydrogen-bond donors (Lipinski definition) is 1. The molecule has 1 atom stereocenters. The van der Waals surface area contributed by atoms with Gasteiger partial charge >= 0.3 is 0 Å². The third-order valence-electron chi connectivity index (χ3n) is 2.48. The van der Waals surface area contributed by atoms with Gasteiger partial charge in [-0.05, 0) is 36.4 Å². The van der Waals surface area contributed by atoms with Crippen LogP contribution in [-0.2, 0) is 0 Å². The maximum absolute atomic E-state index is 5.62. The summed E-state index contributed by atoms with van der Waals surface area (Å²) in [6, 6.07) is 1.99. The lowest BCUT2D eigenvalue weighted by Crippen LogP contribution is -2.13. The molecule has 0 aliphatic heterocycles. The van der Waals surface area contributed by atoms with E-state index in [0.717, 1.165) is 17.4 Å². The van der Waals surface area contributed by atoms with Crippen LogP contribution < -0.4 is 5.73 Å². The molecule has 0 saturated heterocycles. The van der Waals surface area contributed by atoms with Gasteiger partial charge in [0.15, 0.2) is 0 Å². The zero-order chi connectivity index (χ0) is 10.6. The van der Waals surface area contributed by atoms with Crippen LogP contribution in [0.3, 0.4) is 0 Å². The van der Waals surface area contributed by atoms with Crippen LogP contribution in [0.1, 0.15) is 31.7 Å². The van der Waals surface area contributed by atoms with Crippen molar-refractivity contribution in [1.82, 2.24) is 4.98 Å². The maximum atomic E-state index is 5.62. The van der Waals surface area contributed by atoms with E-state index in [1.54, 1.807) is 6.20 Å². The average molecular weight is 257 g/mol. The van der Waals surface area contributed by atoms with Crippen LogP contribution in [-0.4, -0.2) is 11.5 Å². The standard InChI is InChI=1S/C11H17BrN2/c1-8(2)9(3-5-13)10-7-14-6-4-11(10)12/h4,6-9H,3,5,13H2,1-2H3. The predicted molar refractivity (Wildman–Crippen MR) is 63.2 cm³/mol. The topological polar surface area (TPSA) is 38.9 Å². The molecule has 14 heavy (non-hydrogen) atoms. The van der Waals surface area contributed by atoms with Gasteiger partial charge in [-0.1, -0.05) is 29.8 Å². The largest absolute Gasteiger partial charge is 0.330 e. The summed E-state index contributed by atoms with van der Waals surface area (Å²) in [5.74, 6) is 1.10. The Bertz CT molecular complexity index is 286. The van der Waals surface area contributed by atoms with Crippen molar-refractivity contribution >= 4 is 15.9 Å². The van der Waals surface area contributed by atoms with Gasteiger partial charge in [0.1, 0.15) is 0 Å². The van der Waals surface area contributed by atoms with Crippen molar-refractivity contribution in [2.45, 2.75) is 26.2 Å². The SMILES string of the molecule is CC(C)C(CCN)c1cnccc1Br. The van der Waals surface area contributed by atoms with Crippen LogP contribution >= 0.6 is 15.9 Å². The van der Waals surface area contributed by atoms with Crippen LogP contribution in [0.2, 0.25) is 0 Å². The fourth-order valence-electron chi connectivity index (χ4n) is 1.69. The van der Waals surface area contributed by atoms with Crippen LogP contribution in [0, 0.1) is 5.92 Å². The third-order valence-corrected chi connectivity index (χ3v) is 3.20. The lowest BCUT2D eigenvalue weighted by Gasteiger charge is -2.21. The molecule has 0 radical (unpaired) electrons. The Morgan fingerprint density at radius 3 is 2.71 bits per heavy atom. The summed E-state index contributed by atoms with van der Waals surface area (Å²) in [7, 11) is 0. The number of halogens is 1. The molecule has 1 unspecified atom stereocenters. The van der Waals surface area contributed by atoms with Gasteiger partial charge in [0, 0.05) is 16.9 Å². The first-order chi connectivity index (χ1) is 6.66. The second kappa shape index (κ2) is 5.47. The van der Waals surface area contributed by atoms with E-state index >= 15 is 0 Å². The van der Waals surface area contributed by atoms with E-state index < -0.39 is 0 Å². The molecular weight excluding hydrogens is 240 g/mol. The van der Waals surface area contributed by atoms with E-state index in [0.29, 0.717) is 11.8 Å². The molecule has 1 aromatic rings. The first-order valence-electron chi connectivity index (χ1n) is 4.96. The van der Waals surface area contributed by atoms with Gasteiger partial charge in [0.2, 0.25) is 0 Å². The van der Waals surface area contributed by atoms with Gasteiger partial charge in [0.05, 0.1) is 0 Å². The van der Waals surface area contributed by atoms with Crippen LogP contribution in [0.25, 0.3) is 0 Å². The number of pyridine rings is 1. The summed E-state index contributed by atoms with van der Waals surface area (Å²) >= 11 is 3.55. The number of nitrogens with zero attached hydrogens (tertiary/aromatic N) is 1. The molecule has 0 aromatic carbocycles. The molecular formula is C11H17BrN2. The van der Waals surface area contributed by atoms with Crippen molar-refractivity contribution in [1.29, 1.82) is 0 Å². The van der Waals surface area contributed by atoms with Gasteiger partial charge in [-0.2, -0.15) is 0 Å². The summed E-state index contributed by atoms with van der Waals surface area (Å²) in [4.78, 5) is 4.16. The summed E-state index contributed by atoms with van der Waals surface area (Å²) in [6.45, 7) is 5.17. The molecule has 0 bridgehead atoms. The van der Waals surface area contributed by atoms with Crippen molar-refractivity contribution in [3.63, 3.8) is 0 Å². The average Bonchev–Trinajstić information content (AvgIpc) is 2.15. The van der Waals surface area contributed by atoms with E-state index in [2.05, 4.69) is 34.8 Å². The molecule has 2 nitrogen and oxygen atoms in total. The maximum Gasteiger partial charge on any atom is 0.0314 e. The lowest BCUT2D eigenvalue weighted by atomic mass is 9.87. The summed E-state index contributed by atoms with van der Waals surface area (Å²) < 4.78 is 1.14. The van der Waals surface area contributed by atoms with Crippen molar-refractivity contribution in [2.24, 2.45) is 11.7 Å². The zero-order valence-corrected chi connectivity index (χ0v) is 10.3. The fraction of sp³-hybridized carbons (Fsp3) is 0.545. The second-order valence-corrected chi connectivity index (χ2v) is 4.68. The third kappa shape index (κ3) is 2.79. The molecule has 0 aliphatic rings. The molecule has 0 aliphatic carbocycles. The number of hydrogen-bond acceptors (Lipinski definition) is 2. The van der Waals surface area contributed by atoms with E-state index in [-0.39, 0.29) is 0 Å². The molecule has 1 rings (SSSR count). The summed E-state index contributed by atoms with van der Waals surface area (Å²) in [5.41, 5.74) is 6.89. The van der Waals surface area contributed by atoms with Crippen molar-refractivity contribution in [3.05, 3.63) is 28.5 Å². The Labute approximate surface area is 94.0 Å². The Morgan fingerprint density at radius 2 is 2.21 bits per heavy atom. The zero-order valence-electron chi connectivity index (χ0n) is 8.70. The fourth-order valence-corrected chi connectivity index (χ4v) is 2.20. The lowest BCUT2D eigenvalue weighted by molar-refractivity contribution is 0.470. The monoisotopic (exact) mass is 256 g/mol. The summed E-state index contributed by atoms with van der Waals surface area (Å²) in [6.07, 6.45) is 4.75. The first kappa shape index (κ1) is 11.7. The highest BCUT2D eigenvalue weighted by atomic mass is 79.9. The molecule has 0 fully saturated rings. The minimum absolute atomic E-state index is 0.503. The number of nitrogens with two attached hydrogens (primary N) is 1. The van der Waals surface area contributed by atoms with Crippen molar-refractivity contribution in [2.75, 3.05) is 6.54 Å². The van der Waals surface area contributed by atoms with E-state index in [9.17, 15) is 0 Å². The molecule has 0 amide bonds. The van der Waals surface area contributed by atoms with Gasteiger partial charge in [0.25, 0.3) is 0 Å². The van der Waals surface area contributed by atoms with Gasteiger partial charge < -0.3 is 5.73 Å². The minimum atomic E-state index is 0.503. The van der Waals surface area contributed by atoms with Gasteiger partial charge in [-0.3, -0.25) is 4.98 Å². The highest BCUT2D eigenvalue weighted by Gasteiger charge is 2.17. The quantitative estimate of drug-likeness (QED) is 0.900. The highest BCUT2D eigenvalue weighted by molar-refractivity contribution is 9.10. The van der Waals surface area contributed by atoms with Crippen LogP contribution in [0.5, 0.6) is 0 Å². The molecule has 2 N–H and O–H groups in total. The molecule has 0 spiro atoms. The van der Waals surface area contributed by atoms with Crippen molar-refractivity contribution in [3.8, 4) is 0 Å². The Hall–Kier alpha value is -0.410. The minimum Gasteiger partial charge on any atom is -0.330 e. The normalized spacial score (nSPS) is 13.2. The molecule has 78 valence electrons. The summed E-state index contributed by atoms with van der Waals surface area (Å²) in [5, 5.41) is 0. The highest BCUT2D eigenvalue weighted by Crippen LogP contribution is 2.31. The predicted octanol–water partition coefficient (Wildman–Crippen LogP) is 2.93. The number of rotatable bonds is 4. The van der Waals surface area contributed by atoms with E-state index in [1.165, 1.54) is 5.56 Å². The molecule has 1 heterocycles. The first-order valence-corrected chi connectivity index (χ1v) is 5.75. The van der Waals surface area contributed by atoms with Crippen LogP contribution in [0.4, 0.5) is 0 Å². The van der Waals surface area contributed by atoms with Crippen LogP contribution in [0.15, 0.2) is 22.9 Å². The molecule has 3 heteroatoms. The van der Waals surface area contributed by atoms with E-state index in [1.807, 2.05) is 12.3 Å². The Balaban J connectivity index is 2.93. The smallest absolute Gasteiger partial charge is 0.0314 e.